The van der Waals surface area contributed by atoms with Crippen molar-refractivity contribution in [2.75, 3.05) is 6.54 Å². The number of aryl methyl sites for hydroxylation is 4. The highest BCUT2D eigenvalue weighted by Gasteiger charge is 2.15. The Kier molecular flexibility index (Phi) is 5.69. The zero-order valence-electron chi connectivity index (χ0n) is 16.4. The molecule has 3 aromatic rings. The first-order chi connectivity index (χ1) is 13.0. The number of nitrogens with zero attached hydrogens (tertiary/aromatic N) is 5. The quantitative estimate of drug-likeness (QED) is 0.652. The Balaban J connectivity index is 1.55. The summed E-state index contributed by atoms with van der Waals surface area (Å²) in [5.74, 6) is 1.69. The van der Waals surface area contributed by atoms with Crippen LogP contribution in [0.5, 0.6) is 0 Å². The lowest BCUT2D eigenvalue weighted by molar-refractivity contribution is -0.120. The zero-order chi connectivity index (χ0) is 19.4. The van der Waals surface area contributed by atoms with Gasteiger partial charge in [0.25, 0.3) is 0 Å². The highest BCUT2D eigenvalue weighted by atomic mass is 16.1. The molecule has 0 spiro atoms. The number of hydrogen-bond acceptors (Lipinski definition) is 4. The van der Waals surface area contributed by atoms with Crippen LogP contribution in [-0.2, 0) is 17.8 Å². The van der Waals surface area contributed by atoms with Crippen LogP contribution in [0.4, 0.5) is 0 Å². The summed E-state index contributed by atoms with van der Waals surface area (Å²) >= 11 is 0. The Morgan fingerprint density at radius 1 is 1.07 bits per heavy atom. The average molecular weight is 366 g/mol. The maximum atomic E-state index is 12.4. The normalized spacial score (nSPS) is 11.0. The van der Waals surface area contributed by atoms with Crippen LogP contribution < -0.4 is 5.32 Å². The molecule has 0 saturated carbocycles. The number of hydrogen-bond donors (Lipinski definition) is 1. The smallest absolute Gasteiger partial charge is 0.224 e. The Labute approximate surface area is 159 Å². The number of aromatic nitrogens is 5. The number of para-hydroxylation sites is 1. The molecule has 0 saturated heterocycles. The molecule has 2 aromatic heterocycles. The van der Waals surface area contributed by atoms with E-state index in [1.807, 2.05) is 67.4 Å². The van der Waals surface area contributed by atoms with Gasteiger partial charge < -0.3 is 5.32 Å². The van der Waals surface area contributed by atoms with Crippen LogP contribution in [0.2, 0.25) is 0 Å². The average Bonchev–Trinajstić information content (AvgIpc) is 3.12. The van der Waals surface area contributed by atoms with E-state index >= 15 is 0 Å². The van der Waals surface area contributed by atoms with Gasteiger partial charge in [0.15, 0.2) is 0 Å². The molecule has 2 heterocycles. The fourth-order valence-corrected chi connectivity index (χ4v) is 3.20. The summed E-state index contributed by atoms with van der Waals surface area (Å²) in [7, 11) is 0. The summed E-state index contributed by atoms with van der Waals surface area (Å²) in [6.45, 7) is 9.13. The highest BCUT2D eigenvalue weighted by Crippen LogP contribution is 2.18. The molecular formula is C20H26N6O. The molecule has 0 aliphatic heterocycles. The first-order valence-corrected chi connectivity index (χ1v) is 9.21. The molecule has 0 aliphatic rings. The predicted molar refractivity (Wildman–Crippen MR) is 104 cm³/mol. The van der Waals surface area contributed by atoms with E-state index in [0.29, 0.717) is 13.0 Å². The summed E-state index contributed by atoms with van der Waals surface area (Å²) in [6, 6.07) is 9.97. The molecule has 1 N–H and O–H groups in total. The van der Waals surface area contributed by atoms with Gasteiger partial charge in [-0.25, -0.2) is 9.67 Å². The fourth-order valence-electron chi connectivity index (χ4n) is 3.20. The second-order valence-electron chi connectivity index (χ2n) is 6.71. The molecule has 142 valence electrons. The maximum absolute atomic E-state index is 12.4. The summed E-state index contributed by atoms with van der Waals surface area (Å²) in [4.78, 5) is 16.6. The monoisotopic (exact) mass is 366 g/mol. The van der Waals surface area contributed by atoms with Crippen LogP contribution in [0.1, 0.15) is 35.0 Å². The van der Waals surface area contributed by atoms with Crippen molar-refractivity contribution in [2.24, 2.45) is 0 Å². The molecule has 3 rings (SSSR count). The second-order valence-corrected chi connectivity index (χ2v) is 6.71. The van der Waals surface area contributed by atoms with E-state index in [9.17, 15) is 4.79 Å². The van der Waals surface area contributed by atoms with Crippen molar-refractivity contribution < 1.29 is 4.79 Å². The third kappa shape index (κ3) is 4.42. The van der Waals surface area contributed by atoms with Crippen molar-refractivity contribution >= 4 is 5.91 Å². The molecule has 0 radical (unpaired) electrons. The van der Waals surface area contributed by atoms with Crippen molar-refractivity contribution in [3.05, 3.63) is 58.9 Å². The number of carbonyl (C=O) groups excluding carboxylic acids is 1. The number of benzene rings is 1. The third-order valence-corrected chi connectivity index (χ3v) is 4.61. The number of amides is 1. The van der Waals surface area contributed by atoms with Crippen LogP contribution >= 0.6 is 0 Å². The lowest BCUT2D eigenvalue weighted by Crippen LogP contribution is -2.27. The van der Waals surface area contributed by atoms with Gasteiger partial charge in [-0.1, -0.05) is 18.2 Å². The van der Waals surface area contributed by atoms with Gasteiger partial charge in [-0.05, 0) is 46.2 Å². The third-order valence-electron chi connectivity index (χ3n) is 4.61. The first kappa shape index (κ1) is 18.8. The summed E-state index contributed by atoms with van der Waals surface area (Å²) in [5, 5.41) is 11.9. The van der Waals surface area contributed by atoms with E-state index in [1.165, 1.54) is 0 Å². The van der Waals surface area contributed by atoms with Crippen molar-refractivity contribution in [2.45, 2.75) is 47.1 Å². The van der Waals surface area contributed by atoms with Gasteiger partial charge in [-0.15, -0.1) is 0 Å². The minimum absolute atomic E-state index is 0.0142. The van der Waals surface area contributed by atoms with Gasteiger partial charge in [-0.2, -0.15) is 10.2 Å². The van der Waals surface area contributed by atoms with Gasteiger partial charge in [0.1, 0.15) is 11.6 Å². The largest absolute Gasteiger partial charge is 0.356 e. The molecule has 0 aliphatic carbocycles. The lowest BCUT2D eigenvalue weighted by atomic mass is 10.1. The highest BCUT2D eigenvalue weighted by molar-refractivity contribution is 5.79. The van der Waals surface area contributed by atoms with Crippen molar-refractivity contribution in [3.63, 3.8) is 0 Å². The molecule has 7 nitrogen and oxygen atoms in total. The molecule has 1 amide bonds. The van der Waals surface area contributed by atoms with Crippen LogP contribution in [0.15, 0.2) is 30.3 Å². The minimum Gasteiger partial charge on any atom is -0.356 e. The van der Waals surface area contributed by atoms with E-state index in [1.54, 1.807) is 0 Å². The molecular weight excluding hydrogens is 340 g/mol. The second kappa shape index (κ2) is 8.16. The Hall–Kier alpha value is -2.96. The van der Waals surface area contributed by atoms with Crippen molar-refractivity contribution in [1.82, 2.24) is 29.9 Å². The Morgan fingerprint density at radius 2 is 1.81 bits per heavy atom. The van der Waals surface area contributed by atoms with Gasteiger partial charge >= 0.3 is 0 Å². The molecule has 7 heteroatoms. The molecule has 27 heavy (non-hydrogen) atoms. The first-order valence-electron chi connectivity index (χ1n) is 9.21. The summed E-state index contributed by atoms with van der Waals surface area (Å²) in [6.07, 6.45) is 1.16. The van der Waals surface area contributed by atoms with E-state index in [0.717, 1.165) is 47.3 Å². The maximum Gasteiger partial charge on any atom is 0.224 e. The zero-order valence-corrected chi connectivity index (χ0v) is 16.4. The Bertz CT molecular complexity index is 926. The number of rotatable bonds is 7. The van der Waals surface area contributed by atoms with Crippen LogP contribution in [-0.4, -0.2) is 37.0 Å². The number of carbonyl (C=O) groups is 1. The van der Waals surface area contributed by atoms with Crippen LogP contribution in [0.25, 0.3) is 5.69 Å². The molecule has 0 atom stereocenters. The topological polar surface area (TPSA) is 77.6 Å². The van der Waals surface area contributed by atoms with E-state index in [4.69, 9.17) is 0 Å². The fraction of sp³-hybridized carbons (Fsp3) is 0.400. The van der Waals surface area contributed by atoms with E-state index in [2.05, 4.69) is 20.5 Å². The van der Waals surface area contributed by atoms with E-state index in [-0.39, 0.29) is 5.91 Å². The van der Waals surface area contributed by atoms with Gasteiger partial charge in [0, 0.05) is 24.3 Å². The minimum atomic E-state index is 0.0142. The van der Waals surface area contributed by atoms with Crippen molar-refractivity contribution in [3.8, 4) is 5.69 Å². The number of nitrogens with one attached hydrogen (secondary N) is 1. The van der Waals surface area contributed by atoms with Gasteiger partial charge in [-0.3, -0.25) is 9.48 Å². The lowest BCUT2D eigenvalue weighted by Gasteiger charge is -2.07. The Morgan fingerprint density at radius 3 is 2.48 bits per heavy atom. The van der Waals surface area contributed by atoms with Crippen molar-refractivity contribution in [1.29, 1.82) is 0 Å². The van der Waals surface area contributed by atoms with Gasteiger partial charge in [0.2, 0.25) is 5.91 Å². The molecule has 0 unspecified atom stereocenters. The summed E-state index contributed by atoms with van der Waals surface area (Å²) in [5.41, 5.74) is 3.88. The molecule has 1 aromatic carbocycles. The predicted octanol–water partition coefficient (Wildman–Crippen LogP) is 2.45. The standard InChI is InChI=1S/C20H26N6O/c1-14-19(15(2)26(23-14)18-9-6-5-7-10-18)13-20(27)21-11-8-12-25-17(4)22-16(3)24-25/h5-7,9-10H,8,11-13H2,1-4H3,(H,21,27). The van der Waals surface area contributed by atoms with Crippen LogP contribution in [0, 0.1) is 27.7 Å². The summed E-state index contributed by atoms with van der Waals surface area (Å²) < 4.78 is 3.77. The molecule has 0 bridgehead atoms. The SMILES string of the molecule is Cc1nc(C)n(CCCNC(=O)Cc2c(C)nn(-c3ccccc3)c2C)n1. The molecule has 0 fully saturated rings. The van der Waals surface area contributed by atoms with E-state index < -0.39 is 0 Å². The van der Waals surface area contributed by atoms with Gasteiger partial charge in [0.05, 0.1) is 17.8 Å². The van der Waals surface area contributed by atoms with Crippen LogP contribution in [0.3, 0.4) is 0 Å².